The topological polar surface area (TPSA) is 105 Å². The molecule has 8 nitrogen and oxygen atoms in total. The first-order valence-electron chi connectivity index (χ1n) is 13.1. The van der Waals surface area contributed by atoms with E-state index in [0.717, 1.165) is 10.4 Å². The maximum absolute atomic E-state index is 14.0. The molecule has 3 aromatic carbocycles. The normalized spacial score (nSPS) is 10.6. The number of rotatable bonds is 13. The van der Waals surface area contributed by atoms with Gasteiger partial charge < -0.3 is 24.8 Å². The smallest absolute Gasteiger partial charge is 0.305 e. The van der Waals surface area contributed by atoms with Crippen molar-refractivity contribution in [3.63, 3.8) is 0 Å². The molecule has 2 N–H and O–H groups in total. The van der Waals surface area contributed by atoms with E-state index < -0.39 is 5.97 Å². The monoisotopic (exact) mass is 572 g/mol. The number of aliphatic carboxylic acids is 1. The minimum absolute atomic E-state index is 0.0343. The zero-order chi connectivity index (χ0) is 29.2. The van der Waals surface area contributed by atoms with Crippen molar-refractivity contribution in [3.8, 4) is 22.6 Å². The SMILES string of the molecule is COc1cc(CCN(CCC(=O)O)C(=O)c2ccccc2-c2ccccc2C(=O)NCc2cccs2)cc(OC)c1. The second kappa shape index (κ2) is 14.1. The molecule has 0 bridgehead atoms. The van der Waals surface area contributed by atoms with E-state index in [2.05, 4.69) is 5.32 Å². The number of carboxylic acids is 1. The number of carbonyl (C=O) groups is 3. The standard InChI is InChI=1S/C32H32N2O6S/c1-39-23-18-22(19-24(20-23)40-2)13-15-34(16-14-30(35)36)32(38)29-12-6-4-10-27(29)26-9-3-5-11-28(26)31(37)33-21-25-8-7-17-41-25/h3-12,17-20H,13-16,21H2,1-2H3,(H,33,37)(H,35,36). The summed E-state index contributed by atoms with van der Waals surface area (Å²) in [6.07, 6.45) is 0.264. The Labute approximate surface area is 243 Å². The van der Waals surface area contributed by atoms with Crippen LogP contribution in [0.3, 0.4) is 0 Å². The molecular formula is C32H32N2O6S. The summed E-state index contributed by atoms with van der Waals surface area (Å²) in [7, 11) is 3.14. The summed E-state index contributed by atoms with van der Waals surface area (Å²) >= 11 is 1.56. The number of hydrogen-bond donors (Lipinski definition) is 2. The number of nitrogens with one attached hydrogen (secondary N) is 1. The highest BCUT2D eigenvalue weighted by Crippen LogP contribution is 2.29. The number of nitrogens with zero attached hydrogens (tertiary/aromatic N) is 1. The quantitative estimate of drug-likeness (QED) is 0.219. The van der Waals surface area contributed by atoms with Crippen LogP contribution in [0.2, 0.25) is 0 Å². The van der Waals surface area contributed by atoms with Gasteiger partial charge in [-0.1, -0.05) is 42.5 Å². The molecule has 0 aliphatic rings. The largest absolute Gasteiger partial charge is 0.497 e. The van der Waals surface area contributed by atoms with Crippen molar-refractivity contribution in [2.45, 2.75) is 19.4 Å². The van der Waals surface area contributed by atoms with Gasteiger partial charge in [-0.2, -0.15) is 0 Å². The van der Waals surface area contributed by atoms with Crippen LogP contribution in [0.25, 0.3) is 11.1 Å². The van der Waals surface area contributed by atoms with Crippen molar-refractivity contribution >= 4 is 29.1 Å². The molecular weight excluding hydrogens is 540 g/mol. The summed E-state index contributed by atoms with van der Waals surface area (Å²) in [5, 5.41) is 14.3. The molecule has 0 unspecified atom stereocenters. The molecule has 41 heavy (non-hydrogen) atoms. The zero-order valence-corrected chi connectivity index (χ0v) is 23.8. The zero-order valence-electron chi connectivity index (χ0n) is 23.0. The highest BCUT2D eigenvalue weighted by atomic mass is 32.1. The molecule has 0 saturated carbocycles. The Bertz CT molecular complexity index is 1480. The van der Waals surface area contributed by atoms with Gasteiger partial charge in [0.15, 0.2) is 0 Å². The molecule has 212 valence electrons. The van der Waals surface area contributed by atoms with Crippen LogP contribution in [-0.2, 0) is 17.8 Å². The Morgan fingerprint density at radius 2 is 1.46 bits per heavy atom. The van der Waals surface area contributed by atoms with E-state index in [1.807, 2.05) is 47.8 Å². The predicted octanol–water partition coefficient (Wildman–Crippen LogP) is 5.52. The lowest BCUT2D eigenvalue weighted by Crippen LogP contribution is -2.35. The van der Waals surface area contributed by atoms with E-state index >= 15 is 0 Å². The summed E-state index contributed by atoms with van der Waals surface area (Å²) in [6, 6.07) is 23.6. The van der Waals surface area contributed by atoms with Crippen LogP contribution in [0.4, 0.5) is 0 Å². The third-order valence-corrected chi connectivity index (χ3v) is 7.46. The number of hydrogen-bond acceptors (Lipinski definition) is 6. The summed E-state index contributed by atoms with van der Waals surface area (Å²) in [5.74, 6) is -0.299. The van der Waals surface area contributed by atoms with E-state index in [-0.39, 0.29) is 31.3 Å². The predicted molar refractivity (Wildman–Crippen MR) is 159 cm³/mol. The van der Waals surface area contributed by atoms with Crippen LogP contribution in [-0.4, -0.2) is 55.1 Å². The fourth-order valence-corrected chi connectivity index (χ4v) is 5.13. The Kier molecular flexibility index (Phi) is 10.1. The molecule has 1 aromatic heterocycles. The van der Waals surface area contributed by atoms with E-state index in [0.29, 0.717) is 46.7 Å². The average molecular weight is 573 g/mol. The highest BCUT2D eigenvalue weighted by Gasteiger charge is 2.23. The van der Waals surface area contributed by atoms with Crippen LogP contribution in [0.5, 0.6) is 11.5 Å². The fourth-order valence-electron chi connectivity index (χ4n) is 4.49. The van der Waals surface area contributed by atoms with Crippen LogP contribution in [0, 0.1) is 0 Å². The van der Waals surface area contributed by atoms with Gasteiger partial charge >= 0.3 is 5.97 Å². The van der Waals surface area contributed by atoms with Crippen molar-refractivity contribution in [3.05, 3.63) is 106 Å². The molecule has 0 fully saturated rings. The van der Waals surface area contributed by atoms with Crippen molar-refractivity contribution in [1.29, 1.82) is 0 Å². The van der Waals surface area contributed by atoms with Gasteiger partial charge in [-0.15, -0.1) is 11.3 Å². The van der Waals surface area contributed by atoms with Gasteiger partial charge in [0.25, 0.3) is 11.8 Å². The van der Waals surface area contributed by atoms with Crippen molar-refractivity contribution in [1.82, 2.24) is 10.2 Å². The van der Waals surface area contributed by atoms with Gasteiger partial charge in [-0.05, 0) is 58.8 Å². The number of thiophene rings is 1. The average Bonchev–Trinajstić information content (AvgIpc) is 3.53. The Morgan fingerprint density at radius 3 is 2.07 bits per heavy atom. The van der Waals surface area contributed by atoms with Gasteiger partial charge in [0.05, 0.1) is 27.2 Å². The Morgan fingerprint density at radius 1 is 0.829 bits per heavy atom. The van der Waals surface area contributed by atoms with Gasteiger partial charge in [-0.25, -0.2) is 0 Å². The van der Waals surface area contributed by atoms with Gasteiger partial charge in [0.1, 0.15) is 11.5 Å². The van der Waals surface area contributed by atoms with E-state index in [4.69, 9.17) is 9.47 Å². The number of methoxy groups -OCH3 is 2. The fraction of sp³-hybridized carbons (Fsp3) is 0.219. The van der Waals surface area contributed by atoms with Crippen LogP contribution < -0.4 is 14.8 Å². The number of amides is 2. The van der Waals surface area contributed by atoms with Gasteiger partial charge in [-0.3, -0.25) is 14.4 Å². The second-order valence-electron chi connectivity index (χ2n) is 9.26. The first-order valence-corrected chi connectivity index (χ1v) is 14.0. The van der Waals surface area contributed by atoms with E-state index in [9.17, 15) is 19.5 Å². The molecule has 4 rings (SSSR count). The summed E-state index contributed by atoms with van der Waals surface area (Å²) in [6.45, 7) is 0.718. The molecule has 0 atom stereocenters. The molecule has 0 aliphatic carbocycles. The van der Waals surface area contributed by atoms with E-state index in [1.165, 1.54) is 0 Å². The number of benzene rings is 3. The first kappa shape index (κ1) is 29.4. The summed E-state index contributed by atoms with van der Waals surface area (Å²) in [5.41, 5.74) is 2.94. The maximum Gasteiger partial charge on any atom is 0.305 e. The molecule has 4 aromatic rings. The third kappa shape index (κ3) is 7.73. The minimum atomic E-state index is -0.994. The molecule has 9 heteroatoms. The van der Waals surface area contributed by atoms with Crippen molar-refractivity contribution in [2.24, 2.45) is 0 Å². The highest BCUT2D eigenvalue weighted by molar-refractivity contribution is 7.09. The molecule has 0 radical (unpaired) electrons. The lowest BCUT2D eigenvalue weighted by atomic mass is 9.94. The molecule has 0 spiro atoms. The van der Waals surface area contributed by atoms with Gasteiger partial charge in [0, 0.05) is 35.2 Å². The van der Waals surface area contributed by atoms with Crippen molar-refractivity contribution in [2.75, 3.05) is 27.3 Å². The van der Waals surface area contributed by atoms with Crippen LogP contribution in [0.1, 0.15) is 37.6 Å². The summed E-state index contributed by atoms with van der Waals surface area (Å²) < 4.78 is 10.7. The molecule has 2 amide bonds. The third-order valence-electron chi connectivity index (χ3n) is 6.59. The summed E-state index contributed by atoms with van der Waals surface area (Å²) in [4.78, 5) is 41.2. The first-order chi connectivity index (χ1) is 19.9. The molecule has 1 heterocycles. The molecule has 0 aliphatic heterocycles. The van der Waals surface area contributed by atoms with E-state index in [1.54, 1.807) is 66.9 Å². The molecule has 0 saturated heterocycles. The van der Waals surface area contributed by atoms with Crippen LogP contribution in [0.15, 0.2) is 84.2 Å². The number of carbonyl (C=O) groups excluding carboxylic acids is 2. The number of carboxylic acid groups (broad SMARTS) is 1. The number of ether oxygens (including phenoxy) is 2. The second-order valence-corrected chi connectivity index (χ2v) is 10.3. The van der Waals surface area contributed by atoms with Crippen molar-refractivity contribution < 1.29 is 29.0 Å². The Hall–Kier alpha value is -4.63. The van der Waals surface area contributed by atoms with Gasteiger partial charge in [0.2, 0.25) is 0 Å². The lowest BCUT2D eigenvalue weighted by Gasteiger charge is -2.24. The minimum Gasteiger partial charge on any atom is -0.497 e. The lowest BCUT2D eigenvalue weighted by molar-refractivity contribution is -0.137. The maximum atomic E-state index is 14.0. The Balaban J connectivity index is 1.62. The van der Waals surface area contributed by atoms with Crippen LogP contribution >= 0.6 is 11.3 Å².